The van der Waals surface area contributed by atoms with Crippen LogP contribution >= 0.6 is 23.2 Å². The molecule has 6 nitrogen and oxygen atoms in total. The molecular formula is C14H18Cl2N2O4S. The monoisotopic (exact) mass is 380 g/mol. The third-order valence-electron chi connectivity index (χ3n) is 3.42. The number of anilines is 1. The van der Waals surface area contributed by atoms with E-state index in [2.05, 4.69) is 5.32 Å². The van der Waals surface area contributed by atoms with Crippen LogP contribution in [0.3, 0.4) is 0 Å². The number of hydrogen-bond acceptors (Lipinski definition) is 4. The zero-order valence-corrected chi connectivity index (χ0v) is 14.9. The quantitative estimate of drug-likeness (QED) is 0.819. The van der Waals surface area contributed by atoms with E-state index in [4.69, 9.17) is 27.9 Å². The fourth-order valence-electron chi connectivity index (χ4n) is 2.28. The highest BCUT2D eigenvalue weighted by atomic mass is 35.5. The number of hydrogen-bond donors (Lipinski definition) is 1. The van der Waals surface area contributed by atoms with Crippen molar-refractivity contribution in [3.8, 4) is 0 Å². The van der Waals surface area contributed by atoms with Crippen LogP contribution in [0.5, 0.6) is 0 Å². The fraction of sp³-hybridized carbons (Fsp3) is 0.500. The van der Waals surface area contributed by atoms with Gasteiger partial charge in [-0.3, -0.25) is 9.10 Å². The van der Waals surface area contributed by atoms with Crippen molar-refractivity contribution in [2.24, 2.45) is 0 Å². The first-order chi connectivity index (χ1) is 10.8. The summed E-state index contributed by atoms with van der Waals surface area (Å²) < 4.78 is 30.4. The van der Waals surface area contributed by atoms with Gasteiger partial charge in [0.1, 0.15) is 6.54 Å². The molecule has 1 aromatic rings. The molecule has 0 bridgehead atoms. The van der Waals surface area contributed by atoms with Crippen LogP contribution < -0.4 is 9.62 Å². The van der Waals surface area contributed by atoms with Crippen molar-refractivity contribution in [2.45, 2.75) is 18.9 Å². The average molecular weight is 381 g/mol. The van der Waals surface area contributed by atoms with E-state index in [1.807, 2.05) is 0 Å². The lowest BCUT2D eigenvalue weighted by molar-refractivity contribution is -0.120. The van der Waals surface area contributed by atoms with E-state index < -0.39 is 15.9 Å². The van der Waals surface area contributed by atoms with Crippen LogP contribution in [-0.2, 0) is 19.6 Å². The minimum Gasteiger partial charge on any atom is -0.376 e. The molecule has 0 aromatic heterocycles. The van der Waals surface area contributed by atoms with Crippen LogP contribution in [0.15, 0.2) is 18.2 Å². The molecule has 0 radical (unpaired) electrons. The van der Waals surface area contributed by atoms with Gasteiger partial charge in [0.15, 0.2) is 0 Å². The molecule has 1 aromatic carbocycles. The van der Waals surface area contributed by atoms with Crippen molar-refractivity contribution in [2.75, 3.05) is 30.3 Å². The number of halogens is 2. The molecule has 0 spiro atoms. The van der Waals surface area contributed by atoms with Gasteiger partial charge in [-0.25, -0.2) is 8.42 Å². The number of nitrogens with one attached hydrogen (secondary N) is 1. The molecule has 23 heavy (non-hydrogen) atoms. The summed E-state index contributed by atoms with van der Waals surface area (Å²) in [6.45, 7) is 0.680. The Bertz CT molecular complexity index is 675. The van der Waals surface area contributed by atoms with Gasteiger partial charge in [-0.05, 0) is 31.0 Å². The van der Waals surface area contributed by atoms with Gasteiger partial charge in [-0.1, -0.05) is 23.2 Å². The SMILES string of the molecule is CS(=O)(=O)N(CC(=O)NC[C@H]1CCCO1)c1cc(Cl)ccc1Cl. The Hall–Kier alpha value is -1.02. The number of carbonyl (C=O) groups is 1. The second kappa shape index (κ2) is 7.70. The number of benzene rings is 1. The van der Waals surface area contributed by atoms with E-state index in [-0.39, 0.29) is 23.4 Å². The Morgan fingerprint density at radius 2 is 2.17 bits per heavy atom. The molecule has 1 N–H and O–H groups in total. The first-order valence-corrected chi connectivity index (χ1v) is 9.69. The first kappa shape index (κ1) is 18.3. The summed E-state index contributed by atoms with van der Waals surface area (Å²) in [6, 6.07) is 4.45. The Morgan fingerprint density at radius 3 is 2.78 bits per heavy atom. The van der Waals surface area contributed by atoms with Gasteiger partial charge in [0, 0.05) is 18.2 Å². The second-order valence-electron chi connectivity index (χ2n) is 5.30. The molecule has 0 unspecified atom stereocenters. The van der Waals surface area contributed by atoms with E-state index in [1.165, 1.54) is 12.1 Å². The lowest BCUT2D eigenvalue weighted by Gasteiger charge is -2.23. The van der Waals surface area contributed by atoms with Crippen LogP contribution in [0.1, 0.15) is 12.8 Å². The smallest absolute Gasteiger partial charge is 0.240 e. The minimum absolute atomic E-state index is 0.0135. The summed E-state index contributed by atoms with van der Waals surface area (Å²) in [6.07, 6.45) is 2.85. The number of carbonyl (C=O) groups excluding carboxylic acids is 1. The van der Waals surface area contributed by atoms with E-state index in [1.54, 1.807) is 6.07 Å². The summed E-state index contributed by atoms with van der Waals surface area (Å²) >= 11 is 11.9. The maximum Gasteiger partial charge on any atom is 0.240 e. The Morgan fingerprint density at radius 1 is 1.43 bits per heavy atom. The summed E-state index contributed by atoms with van der Waals surface area (Å²) in [5.74, 6) is -0.429. The highest BCUT2D eigenvalue weighted by Crippen LogP contribution is 2.30. The predicted molar refractivity (Wildman–Crippen MR) is 90.6 cm³/mol. The topological polar surface area (TPSA) is 75.7 Å². The maximum absolute atomic E-state index is 12.1. The standard InChI is InChI=1S/C14H18Cl2N2O4S/c1-23(20,21)18(13-7-10(15)4-5-12(13)16)9-14(19)17-8-11-3-2-6-22-11/h4-5,7,11H,2-3,6,8-9H2,1H3,(H,17,19)/t11-/m1/s1. The molecule has 2 rings (SSSR count). The lowest BCUT2D eigenvalue weighted by atomic mass is 10.2. The highest BCUT2D eigenvalue weighted by Gasteiger charge is 2.24. The van der Waals surface area contributed by atoms with Crippen molar-refractivity contribution in [1.29, 1.82) is 0 Å². The minimum atomic E-state index is -3.69. The summed E-state index contributed by atoms with van der Waals surface area (Å²) in [5.41, 5.74) is 0.175. The predicted octanol–water partition coefficient (Wildman–Crippen LogP) is 2.05. The van der Waals surface area contributed by atoms with E-state index in [0.29, 0.717) is 18.2 Å². The number of ether oxygens (including phenoxy) is 1. The molecule has 1 aliphatic rings. The van der Waals surface area contributed by atoms with Gasteiger partial charge < -0.3 is 10.1 Å². The molecule has 1 aliphatic heterocycles. The highest BCUT2D eigenvalue weighted by molar-refractivity contribution is 7.92. The van der Waals surface area contributed by atoms with Gasteiger partial charge in [-0.15, -0.1) is 0 Å². The van der Waals surface area contributed by atoms with Crippen LogP contribution in [0.4, 0.5) is 5.69 Å². The van der Waals surface area contributed by atoms with Gasteiger partial charge in [0.2, 0.25) is 15.9 Å². The summed E-state index contributed by atoms with van der Waals surface area (Å²) in [7, 11) is -3.69. The van der Waals surface area contributed by atoms with Gasteiger partial charge >= 0.3 is 0 Å². The molecule has 1 saturated heterocycles. The molecule has 0 aliphatic carbocycles. The van der Waals surface area contributed by atoms with Crippen LogP contribution in [0, 0.1) is 0 Å². The van der Waals surface area contributed by atoms with Crippen LogP contribution in [0.2, 0.25) is 10.0 Å². The lowest BCUT2D eigenvalue weighted by Crippen LogP contribution is -2.42. The zero-order chi connectivity index (χ0) is 17.0. The third kappa shape index (κ3) is 5.24. The van der Waals surface area contributed by atoms with E-state index in [9.17, 15) is 13.2 Å². The number of rotatable bonds is 6. The number of sulfonamides is 1. The average Bonchev–Trinajstić information content (AvgIpc) is 2.97. The van der Waals surface area contributed by atoms with Crippen molar-refractivity contribution in [1.82, 2.24) is 5.32 Å². The molecule has 1 heterocycles. The Kier molecular flexibility index (Phi) is 6.13. The zero-order valence-electron chi connectivity index (χ0n) is 12.6. The largest absolute Gasteiger partial charge is 0.376 e. The van der Waals surface area contributed by atoms with Gasteiger partial charge in [0.05, 0.1) is 23.1 Å². The van der Waals surface area contributed by atoms with Crippen molar-refractivity contribution in [3.63, 3.8) is 0 Å². The molecular weight excluding hydrogens is 363 g/mol. The maximum atomic E-state index is 12.1. The van der Waals surface area contributed by atoms with Crippen molar-refractivity contribution < 1.29 is 17.9 Å². The second-order valence-corrected chi connectivity index (χ2v) is 8.05. The van der Waals surface area contributed by atoms with E-state index in [0.717, 1.165) is 23.4 Å². The van der Waals surface area contributed by atoms with Crippen molar-refractivity contribution in [3.05, 3.63) is 28.2 Å². The molecule has 0 saturated carbocycles. The first-order valence-electron chi connectivity index (χ1n) is 7.08. The summed E-state index contributed by atoms with van der Waals surface area (Å²) in [5, 5.41) is 3.22. The number of nitrogens with zero attached hydrogens (tertiary/aromatic N) is 1. The molecule has 9 heteroatoms. The molecule has 1 atom stereocenters. The molecule has 1 fully saturated rings. The number of amides is 1. The molecule has 1 amide bonds. The van der Waals surface area contributed by atoms with Crippen LogP contribution in [-0.4, -0.2) is 46.4 Å². The fourth-order valence-corrected chi connectivity index (χ4v) is 3.57. The van der Waals surface area contributed by atoms with Gasteiger partial charge in [-0.2, -0.15) is 0 Å². The Balaban J connectivity index is 2.10. The summed E-state index contributed by atoms with van der Waals surface area (Å²) in [4.78, 5) is 12.1. The third-order valence-corrected chi connectivity index (χ3v) is 5.10. The van der Waals surface area contributed by atoms with E-state index >= 15 is 0 Å². The Labute approximate surface area is 145 Å². The van der Waals surface area contributed by atoms with Crippen LogP contribution in [0.25, 0.3) is 0 Å². The van der Waals surface area contributed by atoms with Crippen molar-refractivity contribution >= 4 is 44.8 Å². The van der Waals surface area contributed by atoms with Gasteiger partial charge in [0.25, 0.3) is 0 Å². The normalized spacial score (nSPS) is 18.0. The molecule has 128 valence electrons.